The van der Waals surface area contributed by atoms with Crippen molar-refractivity contribution in [1.29, 1.82) is 0 Å². The summed E-state index contributed by atoms with van der Waals surface area (Å²) in [5.41, 5.74) is -0.107. The standard InChI is InChI=1S/C20H26BrNO4/c1-19(2,3)14-8-10-20(11-9-14)22(16(12-26-20)18(24)25)17(23)13-4-6-15(21)7-5-13/h4-7,14,16H,8-12H2,1-3H3,(H,24,25)/t14?,16-,20?/m1/s1. The van der Waals surface area contributed by atoms with E-state index in [1.165, 1.54) is 4.90 Å². The molecular weight excluding hydrogens is 398 g/mol. The highest BCUT2D eigenvalue weighted by atomic mass is 79.9. The smallest absolute Gasteiger partial charge is 0.328 e. The minimum Gasteiger partial charge on any atom is -0.480 e. The number of rotatable bonds is 2. The van der Waals surface area contributed by atoms with Crippen LogP contribution in [0.15, 0.2) is 28.7 Å². The van der Waals surface area contributed by atoms with Crippen LogP contribution in [-0.4, -0.2) is 40.3 Å². The normalized spacial score (nSPS) is 29.2. The molecule has 0 bridgehead atoms. The molecule has 26 heavy (non-hydrogen) atoms. The van der Waals surface area contributed by atoms with E-state index < -0.39 is 17.7 Å². The van der Waals surface area contributed by atoms with Crippen LogP contribution in [-0.2, 0) is 9.53 Å². The maximum atomic E-state index is 13.2. The van der Waals surface area contributed by atoms with Gasteiger partial charge < -0.3 is 9.84 Å². The Balaban J connectivity index is 1.89. The van der Waals surface area contributed by atoms with E-state index in [0.29, 0.717) is 24.3 Å². The molecule has 1 aromatic rings. The lowest BCUT2D eigenvalue weighted by Crippen LogP contribution is -2.55. The van der Waals surface area contributed by atoms with Crippen LogP contribution in [0.25, 0.3) is 0 Å². The van der Waals surface area contributed by atoms with Gasteiger partial charge in [-0.3, -0.25) is 9.69 Å². The predicted octanol–water partition coefficient (Wildman–Crippen LogP) is 4.31. The zero-order valence-electron chi connectivity index (χ0n) is 15.5. The number of carboxylic acids is 1. The van der Waals surface area contributed by atoms with Crippen molar-refractivity contribution in [3.05, 3.63) is 34.3 Å². The zero-order chi connectivity index (χ0) is 19.1. The monoisotopic (exact) mass is 423 g/mol. The van der Waals surface area contributed by atoms with Gasteiger partial charge in [-0.1, -0.05) is 36.7 Å². The predicted molar refractivity (Wildman–Crippen MR) is 102 cm³/mol. The molecule has 5 nitrogen and oxygen atoms in total. The van der Waals surface area contributed by atoms with Crippen molar-refractivity contribution in [2.75, 3.05) is 6.61 Å². The molecule has 142 valence electrons. The Morgan fingerprint density at radius 1 is 1.19 bits per heavy atom. The number of carboxylic acid groups (broad SMARTS) is 1. The zero-order valence-corrected chi connectivity index (χ0v) is 17.1. The molecule has 1 heterocycles. The summed E-state index contributed by atoms with van der Waals surface area (Å²) in [5.74, 6) is -0.730. The fourth-order valence-electron chi connectivity index (χ4n) is 4.22. The van der Waals surface area contributed by atoms with E-state index >= 15 is 0 Å². The highest BCUT2D eigenvalue weighted by Gasteiger charge is 2.54. The lowest BCUT2D eigenvalue weighted by Gasteiger charge is -2.46. The second-order valence-electron chi connectivity index (χ2n) is 8.43. The topological polar surface area (TPSA) is 66.8 Å². The first-order chi connectivity index (χ1) is 12.1. The third-order valence-corrected chi connectivity index (χ3v) is 6.38. The molecule has 0 unspecified atom stereocenters. The van der Waals surface area contributed by atoms with E-state index in [0.717, 1.165) is 17.3 Å². The summed E-state index contributed by atoms with van der Waals surface area (Å²) in [7, 11) is 0. The largest absolute Gasteiger partial charge is 0.480 e. The molecule has 1 aromatic carbocycles. The molecule has 6 heteroatoms. The molecule has 3 rings (SSSR count). The summed E-state index contributed by atoms with van der Waals surface area (Å²) in [6.45, 7) is 6.75. The second-order valence-corrected chi connectivity index (χ2v) is 9.35. The second kappa shape index (κ2) is 6.97. The quantitative estimate of drug-likeness (QED) is 0.769. The van der Waals surface area contributed by atoms with Crippen molar-refractivity contribution in [3.8, 4) is 0 Å². The Morgan fingerprint density at radius 3 is 2.27 bits per heavy atom. The van der Waals surface area contributed by atoms with E-state index in [4.69, 9.17) is 4.74 Å². The van der Waals surface area contributed by atoms with Gasteiger partial charge in [-0.15, -0.1) is 0 Å². The Morgan fingerprint density at radius 2 is 1.77 bits per heavy atom. The first kappa shape index (κ1) is 19.4. The number of halogens is 1. The van der Waals surface area contributed by atoms with Gasteiger partial charge in [0.05, 0.1) is 6.61 Å². The van der Waals surface area contributed by atoms with Crippen LogP contribution >= 0.6 is 15.9 Å². The van der Waals surface area contributed by atoms with Crippen molar-refractivity contribution >= 4 is 27.8 Å². The van der Waals surface area contributed by atoms with Gasteiger partial charge in [0.2, 0.25) is 0 Å². The van der Waals surface area contributed by atoms with Crippen LogP contribution < -0.4 is 0 Å². The highest BCUT2D eigenvalue weighted by Crippen LogP contribution is 2.47. The van der Waals surface area contributed by atoms with Gasteiger partial charge in [-0.25, -0.2) is 4.79 Å². The molecule has 2 aliphatic rings. The minimum absolute atomic E-state index is 0.0534. The molecule has 0 radical (unpaired) electrons. The molecule has 1 aliphatic heterocycles. The molecule has 1 aliphatic carbocycles. The number of carbonyl (C=O) groups excluding carboxylic acids is 1. The summed E-state index contributed by atoms with van der Waals surface area (Å²) < 4.78 is 6.89. The average molecular weight is 424 g/mol. The Bertz CT molecular complexity index is 687. The molecule has 1 saturated heterocycles. The Labute approximate surface area is 162 Å². The van der Waals surface area contributed by atoms with Crippen molar-refractivity contribution < 1.29 is 19.4 Å². The molecule has 1 amide bonds. The van der Waals surface area contributed by atoms with Gasteiger partial charge in [0.1, 0.15) is 5.72 Å². The van der Waals surface area contributed by atoms with Crippen LogP contribution in [0.1, 0.15) is 56.8 Å². The molecular formula is C20H26BrNO4. The SMILES string of the molecule is CC(C)(C)C1CCC2(CC1)OC[C@H](C(=O)O)N2C(=O)c1ccc(Br)cc1. The van der Waals surface area contributed by atoms with Gasteiger partial charge in [-0.2, -0.15) is 0 Å². The summed E-state index contributed by atoms with van der Waals surface area (Å²) in [5, 5.41) is 9.64. The van der Waals surface area contributed by atoms with Gasteiger partial charge in [0.15, 0.2) is 6.04 Å². The maximum absolute atomic E-state index is 13.2. The number of hydrogen-bond donors (Lipinski definition) is 1. The first-order valence-electron chi connectivity index (χ1n) is 9.10. The third kappa shape index (κ3) is 3.54. The van der Waals surface area contributed by atoms with Crippen LogP contribution in [0.5, 0.6) is 0 Å². The fraction of sp³-hybridized carbons (Fsp3) is 0.600. The van der Waals surface area contributed by atoms with E-state index in [-0.39, 0.29) is 17.9 Å². The number of ether oxygens (including phenoxy) is 1. The molecule has 1 atom stereocenters. The van der Waals surface area contributed by atoms with Gasteiger partial charge in [0, 0.05) is 10.0 Å². The van der Waals surface area contributed by atoms with E-state index in [1.54, 1.807) is 24.3 Å². The molecule has 1 saturated carbocycles. The lowest BCUT2D eigenvalue weighted by atomic mass is 9.70. The molecule has 1 N–H and O–H groups in total. The van der Waals surface area contributed by atoms with Crippen molar-refractivity contribution in [2.24, 2.45) is 11.3 Å². The van der Waals surface area contributed by atoms with Gasteiger partial charge in [0.25, 0.3) is 5.91 Å². The number of carbonyl (C=O) groups is 2. The van der Waals surface area contributed by atoms with E-state index in [9.17, 15) is 14.7 Å². The van der Waals surface area contributed by atoms with Crippen LogP contribution in [0.4, 0.5) is 0 Å². The Kier molecular flexibility index (Phi) is 5.19. The summed E-state index contributed by atoms with van der Waals surface area (Å²) in [6, 6.07) is 6.10. The summed E-state index contributed by atoms with van der Waals surface area (Å²) in [4.78, 5) is 26.5. The van der Waals surface area contributed by atoms with Crippen LogP contribution in [0.2, 0.25) is 0 Å². The summed E-state index contributed by atoms with van der Waals surface area (Å²) in [6.07, 6.45) is 3.22. The molecule has 2 fully saturated rings. The van der Waals surface area contributed by atoms with Crippen LogP contribution in [0, 0.1) is 11.3 Å². The third-order valence-electron chi connectivity index (χ3n) is 5.85. The van der Waals surface area contributed by atoms with Crippen LogP contribution in [0.3, 0.4) is 0 Å². The fourth-order valence-corrected chi connectivity index (χ4v) is 4.49. The number of amides is 1. The molecule has 0 aromatic heterocycles. The van der Waals surface area contributed by atoms with Crippen molar-refractivity contribution in [3.63, 3.8) is 0 Å². The minimum atomic E-state index is -1.01. The Hall–Kier alpha value is -1.40. The van der Waals surface area contributed by atoms with Crippen molar-refractivity contribution in [2.45, 2.75) is 58.2 Å². The van der Waals surface area contributed by atoms with Gasteiger partial charge in [-0.05, 0) is 61.3 Å². The highest BCUT2D eigenvalue weighted by molar-refractivity contribution is 9.10. The number of benzene rings is 1. The summed E-state index contributed by atoms with van der Waals surface area (Å²) >= 11 is 3.36. The van der Waals surface area contributed by atoms with E-state index in [2.05, 4.69) is 36.7 Å². The average Bonchev–Trinajstić information content (AvgIpc) is 2.93. The van der Waals surface area contributed by atoms with Gasteiger partial charge >= 0.3 is 5.97 Å². The number of aliphatic carboxylic acids is 1. The lowest BCUT2D eigenvalue weighted by molar-refractivity contribution is -0.144. The first-order valence-corrected chi connectivity index (χ1v) is 9.89. The number of hydrogen-bond acceptors (Lipinski definition) is 3. The number of nitrogens with zero attached hydrogens (tertiary/aromatic N) is 1. The molecule has 1 spiro atoms. The van der Waals surface area contributed by atoms with E-state index in [1.807, 2.05) is 0 Å². The maximum Gasteiger partial charge on any atom is 0.328 e. The van der Waals surface area contributed by atoms with Crippen molar-refractivity contribution in [1.82, 2.24) is 4.90 Å².